The highest BCUT2D eigenvalue weighted by Crippen LogP contribution is 2.19. The predicted molar refractivity (Wildman–Crippen MR) is 62.1 cm³/mol. The number of thioether (sulfide) groups is 1. The lowest BCUT2D eigenvalue weighted by Crippen LogP contribution is -2.40. The highest BCUT2D eigenvalue weighted by Gasteiger charge is 2.20. The van der Waals surface area contributed by atoms with Crippen LogP contribution in [0.2, 0.25) is 0 Å². The molecule has 0 N–H and O–H groups in total. The van der Waals surface area contributed by atoms with E-state index in [2.05, 4.69) is 9.80 Å². The Morgan fingerprint density at radius 3 is 2.54 bits per heavy atom. The summed E-state index contributed by atoms with van der Waals surface area (Å²) in [5, 5.41) is 0. The van der Waals surface area contributed by atoms with Crippen LogP contribution in [0.1, 0.15) is 19.3 Å². The van der Waals surface area contributed by atoms with E-state index in [9.17, 15) is 0 Å². The lowest BCUT2D eigenvalue weighted by atomic mass is 10.1. The van der Waals surface area contributed by atoms with Gasteiger partial charge in [0.05, 0.1) is 6.67 Å². The van der Waals surface area contributed by atoms with Gasteiger partial charge in [-0.1, -0.05) is 30.4 Å². The zero-order valence-electron chi connectivity index (χ0n) is 7.87. The minimum Gasteiger partial charge on any atom is -0.344 e. The summed E-state index contributed by atoms with van der Waals surface area (Å²) in [6.07, 6.45) is 4.15. The zero-order valence-corrected chi connectivity index (χ0v) is 9.50. The van der Waals surface area contributed by atoms with Crippen LogP contribution in [-0.4, -0.2) is 46.2 Å². The van der Waals surface area contributed by atoms with E-state index in [1.54, 1.807) is 0 Å². The highest BCUT2D eigenvalue weighted by atomic mass is 32.2. The molecule has 0 amide bonds. The summed E-state index contributed by atoms with van der Waals surface area (Å²) in [7, 11) is 0. The Morgan fingerprint density at radius 1 is 1.15 bits per heavy atom. The van der Waals surface area contributed by atoms with Crippen LogP contribution in [0.4, 0.5) is 0 Å². The van der Waals surface area contributed by atoms with Crippen molar-refractivity contribution in [2.45, 2.75) is 19.3 Å². The third-order valence-electron chi connectivity index (χ3n) is 2.66. The second-order valence-electron chi connectivity index (χ2n) is 3.70. The molecule has 2 aliphatic heterocycles. The molecule has 2 aliphatic rings. The van der Waals surface area contributed by atoms with Gasteiger partial charge in [-0.05, 0) is 25.9 Å². The van der Waals surface area contributed by atoms with Crippen molar-refractivity contribution in [3.8, 4) is 0 Å². The molecule has 2 nitrogen and oxygen atoms in total. The summed E-state index contributed by atoms with van der Waals surface area (Å²) in [6, 6.07) is 0. The van der Waals surface area contributed by atoms with E-state index in [4.69, 9.17) is 12.2 Å². The zero-order chi connectivity index (χ0) is 9.10. The summed E-state index contributed by atoms with van der Waals surface area (Å²) in [6.45, 7) is 4.76. The van der Waals surface area contributed by atoms with Gasteiger partial charge in [0, 0.05) is 12.3 Å². The van der Waals surface area contributed by atoms with E-state index in [1.165, 1.54) is 38.1 Å². The van der Waals surface area contributed by atoms with Crippen molar-refractivity contribution in [3.05, 3.63) is 0 Å². The quantitative estimate of drug-likeness (QED) is 0.649. The van der Waals surface area contributed by atoms with Crippen LogP contribution >= 0.6 is 24.0 Å². The smallest absolute Gasteiger partial charge is 0.137 e. The van der Waals surface area contributed by atoms with Crippen molar-refractivity contribution in [1.82, 2.24) is 9.80 Å². The summed E-state index contributed by atoms with van der Waals surface area (Å²) < 4.78 is 1.10. The number of piperidine rings is 1. The Balaban J connectivity index is 1.79. The molecule has 0 aliphatic carbocycles. The molecule has 13 heavy (non-hydrogen) atoms. The highest BCUT2D eigenvalue weighted by molar-refractivity contribution is 8.23. The second-order valence-corrected chi connectivity index (χ2v) is 5.43. The molecule has 0 aromatic carbocycles. The van der Waals surface area contributed by atoms with Crippen molar-refractivity contribution in [2.75, 3.05) is 32.1 Å². The molecule has 74 valence electrons. The molecular formula is C9H16N2S2. The van der Waals surface area contributed by atoms with E-state index in [0.29, 0.717) is 0 Å². The van der Waals surface area contributed by atoms with Crippen molar-refractivity contribution in [2.24, 2.45) is 0 Å². The van der Waals surface area contributed by atoms with Gasteiger partial charge in [0.25, 0.3) is 0 Å². The van der Waals surface area contributed by atoms with E-state index in [1.807, 2.05) is 11.8 Å². The summed E-state index contributed by atoms with van der Waals surface area (Å²) in [5.41, 5.74) is 0. The van der Waals surface area contributed by atoms with Crippen LogP contribution in [0.15, 0.2) is 0 Å². The van der Waals surface area contributed by atoms with Gasteiger partial charge in [-0.25, -0.2) is 0 Å². The molecule has 0 unspecified atom stereocenters. The normalized spacial score (nSPS) is 25.5. The monoisotopic (exact) mass is 216 g/mol. The minimum absolute atomic E-state index is 1.08. The van der Waals surface area contributed by atoms with Crippen LogP contribution in [0.25, 0.3) is 0 Å². The van der Waals surface area contributed by atoms with Gasteiger partial charge >= 0.3 is 0 Å². The first-order valence-electron chi connectivity index (χ1n) is 5.00. The van der Waals surface area contributed by atoms with E-state index < -0.39 is 0 Å². The molecule has 4 heteroatoms. The topological polar surface area (TPSA) is 6.48 Å². The Kier molecular flexibility index (Phi) is 3.46. The Labute approximate surface area is 89.6 Å². The third kappa shape index (κ3) is 2.58. The lowest BCUT2D eigenvalue weighted by Gasteiger charge is -2.31. The van der Waals surface area contributed by atoms with Crippen LogP contribution < -0.4 is 0 Å². The Hall–Kier alpha value is 0.200. The molecular weight excluding hydrogens is 200 g/mol. The largest absolute Gasteiger partial charge is 0.344 e. The first-order valence-corrected chi connectivity index (χ1v) is 6.40. The molecule has 0 bridgehead atoms. The van der Waals surface area contributed by atoms with Gasteiger partial charge in [-0.2, -0.15) is 0 Å². The van der Waals surface area contributed by atoms with Gasteiger partial charge in [-0.15, -0.1) is 0 Å². The molecule has 0 saturated carbocycles. The number of likely N-dealkylation sites (tertiary alicyclic amines) is 1. The van der Waals surface area contributed by atoms with E-state index >= 15 is 0 Å². The van der Waals surface area contributed by atoms with Crippen molar-refractivity contribution in [1.29, 1.82) is 0 Å². The maximum Gasteiger partial charge on any atom is 0.137 e. The van der Waals surface area contributed by atoms with E-state index in [-0.39, 0.29) is 0 Å². The number of nitrogens with zero attached hydrogens (tertiary/aromatic N) is 2. The number of thiocarbonyl (C=S) groups is 1. The first kappa shape index (κ1) is 9.74. The molecule has 2 fully saturated rings. The number of hydrogen-bond acceptors (Lipinski definition) is 3. The summed E-state index contributed by atoms with van der Waals surface area (Å²) >= 11 is 7.10. The number of rotatable bonds is 2. The molecule has 2 rings (SSSR count). The van der Waals surface area contributed by atoms with Crippen LogP contribution in [-0.2, 0) is 0 Å². The van der Waals surface area contributed by atoms with Gasteiger partial charge in [-0.3, -0.25) is 4.90 Å². The molecule has 0 aromatic heterocycles. The molecule has 2 heterocycles. The average Bonchev–Trinajstić information content (AvgIpc) is 2.54. The molecule has 0 spiro atoms. The summed E-state index contributed by atoms with van der Waals surface area (Å²) in [5.74, 6) is 1.19. The van der Waals surface area contributed by atoms with Gasteiger partial charge in [0.15, 0.2) is 0 Å². The lowest BCUT2D eigenvalue weighted by molar-refractivity contribution is 0.167. The fourth-order valence-electron chi connectivity index (χ4n) is 1.90. The van der Waals surface area contributed by atoms with Gasteiger partial charge in [0.1, 0.15) is 4.32 Å². The van der Waals surface area contributed by atoms with Crippen molar-refractivity contribution in [3.63, 3.8) is 0 Å². The number of hydrogen-bond donors (Lipinski definition) is 0. The fraction of sp³-hybridized carbons (Fsp3) is 0.889. The molecule has 2 saturated heterocycles. The van der Waals surface area contributed by atoms with Crippen molar-refractivity contribution >= 4 is 28.3 Å². The first-order chi connectivity index (χ1) is 6.36. The molecule has 0 aromatic rings. The fourth-order valence-corrected chi connectivity index (χ4v) is 3.11. The molecule has 0 atom stereocenters. The predicted octanol–water partition coefficient (Wildman–Crippen LogP) is 1.76. The standard InChI is InChI=1S/C9H16N2S2/c12-9-11(6-7-13-9)8-10-4-2-1-3-5-10/h1-8H2. The summed E-state index contributed by atoms with van der Waals surface area (Å²) in [4.78, 5) is 4.87. The second kappa shape index (κ2) is 4.62. The average molecular weight is 216 g/mol. The van der Waals surface area contributed by atoms with E-state index in [0.717, 1.165) is 17.5 Å². The van der Waals surface area contributed by atoms with Gasteiger partial charge in [0.2, 0.25) is 0 Å². The molecule has 0 radical (unpaired) electrons. The Bertz CT molecular complexity index is 190. The maximum absolute atomic E-state index is 5.27. The van der Waals surface area contributed by atoms with Crippen molar-refractivity contribution < 1.29 is 0 Å². The van der Waals surface area contributed by atoms with Crippen LogP contribution in [0, 0.1) is 0 Å². The minimum atomic E-state index is 1.08. The SMILES string of the molecule is S=C1SCCN1CN1CCCCC1. The van der Waals surface area contributed by atoms with Crippen LogP contribution in [0.5, 0.6) is 0 Å². The third-order valence-corrected chi connectivity index (χ3v) is 4.17. The Morgan fingerprint density at radius 2 is 1.92 bits per heavy atom. The van der Waals surface area contributed by atoms with Crippen LogP contribution in [0.3, 0.4) is 0 Å². The maximum atomic E-state index is 5.27. The van der Waals surface area contributed by atoms with Gasteiger partial charge < -0.3 is 4.90 Å².